The number of hydrogen-bond donors (Lipinski definition) is 0. The van der Waals surface area contributed by atoms with E-state index in [0.717, 1.165) is 11.1 Å². The maximum Gasteiger partial charge on any atom is 0.175 e. The van der Waals surface area contributed by atoms with E-state index >= 15 is 0 Å². The number of carbonyl (C=O) groups is 1. The van der Waals surface area contributed by atoms with Gasteiger partial charge >= 0.3 is 0 Å². The van der Waals surface area contributed by atoms with Gasteiger partial charge in [-0.3, -0.25) is 4.79 Å². The second-order valence-electron chi connectivity index (χ2n) is 4.40. The highest BCUT2D eigenvalue weighted by atomic mass is 32.2. The Morgan fingerprint density at radius 2 is 1.68 bits per heavy atom. The molecule has 0 amide bonds. The minimum absolute atomic E-state index is 0.0413. The summed E-state index contributed by atoms with van der Waals surface area (Å²) < 4.78 is 23.1. The lowest BCUT2D eigenvalue weighted by Crippen LogP contribution is -1.99. The average molecular weight is 274 g/mol. The van der Waals surface area contributed by atoms with Gasteiger partial charge in [-0.25, -0.2) is 8.42 Å². The number of hydrogen-bond acceptors (Lipinski definition) is 3. The molecule has 0 heterocycles. The van der Waals surface area contributed by atoms with Gasteiger partial charge in [-0.2, -0.15) is 0 Å². The Kier molecular flexibility index (Phi) is 3.53. The van der Waals surface area contributed by atoms with Crippen LogP contribution in [0.25, 0.3) is 11.1 Å². The Labute approximate surface area is 112 Å². The molecule has 0 atom stereocenters. The summed E-state index contributed by atoms with van der Waals surface area (Å²) in [6.07, 6.45) is 1.17. The molecule has 0 aromatic heterocycles. The van der Waals surface area contributed by atoms with Gasteiger partial charge in [0, 0.05) is 11.8 Å². The Morgan fingerprint density at radius 1 is 1.00 bits per heavy atom. The van der Waals surface area contributed by atoms with E-state index in [2.05, 4.69) is 0 Å². The first kappa shape index (κ1) is 13.5. The molecule has 0 aliphatic carbocycles. The SMILES string of the molecule is CC(=O)c1ccccc1-c1cccc(S(C)(=O)=O)c1. The lowest BCUT2D eigenvalue weighted by molar-refractivity contribution is 0.101. The van der Waals surface area contributed by atoms with E-state index in [1.807, 2.05) is 12.1 Å². The van der Waals surface area contributed by atoms with Crippen molar-refractivity contribution in [2.75, 3.05) is 6.26 Å². The third-order valence-corrected chi connectivity index (χ3v) is 3.99. The fourth-order valence-electron chi connectivity index (χ4n) is 1.94. The van der Waals surface area contributed by atoms with E-state index in [-0.39, 0.29) is 10.7 Å². The van der Waals surface area contributed by atoms with Crippen molar-refractivity contribution in [3.63, 3.8) is 0 Å². The highest BCUT2D eigenvalue weighted by Gasteiger charge is 2.11. The summed E-state index contributed by atoms with van der Waals surface area (Å²) in [6.45, 7) is 1.50. The minimum Gasteiger partial charge on any atom is -0.294 e. The first-order chi connectivity index (χ1) is 8.89. The van der Waals surface area contributed by atoms with Crippen LogP contribution in [0.3, 0.4) is 0 Å². The van der Waals surface area contributed by atoms with Crippen molar-refractivity contribution < 1.29 is 13.2 Å². The largest absolute Gasteiger partial charge is 0.294 e. The van der Waals surface area contributed by atoms with E-state index < -0.39 is 9.84 Å². The zero-order valence-electron chi connectivity index (χ0n) is 10.8. The van der Waals surface area contributed by atoms with Gasteiger partial charge in [0.25, 0.3) is 0 Å². The molecule has 19 heavy (non-hydrogen) atoms. The lowest BCUT2D eigenvalue weighted by Gasteiger charge is -2.08. The number of carbonyl (C=O) groups excluding carboxylic acids is 1. The van der Waals surface area contributed by atoms with Gasteiger partial charge in [-0.05, 0) is 30.2 Å². The normalized spacial score (nSPS) is 11.3. The zero-order chi connectivity index (χ0) is 14.0. The van der Waals surface area contributed by atoms with Gasteiger partial charge < -0.3 is 0 Å². The molecule has 2 aromatic rings. The van der Waals surface area contributed by atoms with Crippen molar-refractivity contribution in [1.82, 2.24) is 0 Å². The average Bonchev–Trinajstić information content (AvgIpc) is 2.38. The van der Waals surface area contributed by atoms with Gasteiger partial charge in [-0.1, -0.05) is 36.4 Å². The maximum atomic E-state index is 11.6. The van der Waals surface area contributed by atoms with Crippen LogP contribution in [-0.4, -0.2) is 20.5 Å². The molecule has 0 bridgehead atoms. The number of benzene rings is 2. The Morgan fingerprint density at radius 3 is 2.32 bits per heavy atom. The summed E-state index contributed by atoms with van der Waals surface area (Å²) in [6, 6.07) is 13.8. The summed E-state index contributed by atoms with van der Waals surface area (Å²) in [7, 11) is -3.25. The molecule has 2 rings (SSSR count). The topological polar surface area (TPSA) is 51.2 Å². The van der Waals surface area contributed by atoms with Gasteiger partial charge in [0.15, 0.2) is 15.6 Å². The molecule has 0 saturated carbocycles. The highest BCUT2D eigenvalue weighted by molar-refractivity contribution is 7.90. The summed E-state index contributed by atoms with van der Waals surface area (Å²) in [5, 5.41) is 0. The standard InChI is InChI=1S/C15H14O3S/c1-11(16)14-8-3-4-9-15(14)12-6-5-7-13(10-12)19(2,17)18/h3-10H,1-2H3. The number of Topliss-reactive ketones (excluding diaryl/α,β-unsaturated/α-hetero) is 1. The smallest absolute Gasteiger partial charge is 0.175 e. The summed E-state index contributed by atoms with van der Waals surface area (Å²) in [5.41, 5.74) is 2.07. The van der Waals surface area contributed by atoms with E-state index in [1.54, 1.807) is 36.4 Å². The monoisotopic (exact) mass is 274 g/mol. The van der Waals surface area contributed by atoms with Gasteiger partial charge in [-0.15, -0.1) is 0 Å². The van der Waals surface area contributed by atoms with Crippen molar-refractivity contribution in [3.8, 4) is 11.1 Å². The molecule has 0 radical (unpaired) electrons. The summed E-state index contributed by atoms with van der Waals surface area (Å²) in [4.78, 5) is 11.9. The Balaban J connectivity index is 2.64. The number of sulfone groups is 1. The molecule has 0 fully saturated rings. The molecular formula is C15H14O3S. The van der Waals surface area contributed by atoms with Crippen LogP contribution >= 0.6 is 0 Å². The van der Waals surface area contributed by atoms with Gasteiger partial charge in [0.05, 0.1) is 4.90 Å². The molecule has 4 heteroatoms. The van der Waals surface area contributed by atoms with E-state index in [0.29, 0.717) is 5.56 Å². The van der Waals surface area contributed by atoms with E-state index in [1.165, 1.54) is 13.2 Å². The molecule has 3 nitrogen and oxygen atoms in total. The molecule has 0 spiro atoms. The Hall–Kier alpha value is -1.94. The fraction of sp³-hybridized carbons (Fsp3) is 0.133. The summed E-state index contributed by atoms with van der Waals surface area (Å²) >= 11 is 0. The zero-order valence-corrected chi connectivity index (χ0v) is 11.6. The minimum atomic E-state index is -3.25. The van der Waals surface area contributed by atoms with Crippen LogP contribution in [-0.2, 0) is 9.84 Å². The van der Waals surface area contributed by atoms with Crippen molar-refractivity contribution >= 4 is 15.6 Å². The highest BCUT2D eigenvalue weighted by Crippen LogP contribution is 2.26. The van der Waals surface area contributed by atoms with Crippen LogP contribution in [0.4, 0.5) is 0 Å². The quantitative estimate of drug-likeness (QED) is 0.808. The van der Waals surface area contributed by atoms with Crippen LogP contribution in [0.5, 0.6) is 0 Å². The first-order valence-electron chi connectivity index (χ1n) is 5.80. The van der Waals surface area contributed by atoms with Crippen LogP contribution in [0.2, 0.25) is 0 Å². The third-order valence-electron chi connectivity index (χ3n) is 2.88. The lowest BCUT2D eigenvalue weighted by atomic mass is 9.98. The van der Waals surface area contributed by atoms with Crippen molar-refractivity contribution in [2.45, 2.75) is 11.8 Å². The molecule has 0 aliphatic heterocycles. The maximum absolute atomic E-state index is 11.6. The van der Waals surface area contributed by atoms with E-state index in [9.17, 15) is 13.2 Å². The molecule has 0 saturated heterocycles. The van der Waals surface area contributed by atoms with Crippen LogP contribution in [0.1, 0.15) is 17.3 Å². The summed E-state index contributed by atoms with van der Waals surface area (Å²) in [5.74, 6) is -0.0413. The van der Waals surface area contributed by atoms with Crippen molar-refractivity contribution in [2.24, 2.45) is 0 Å². The number of rotatable bonds is 3. The number of ketones is 1. The fourth-order valence-corrected chi connectivity index (χ4v) is 2.60. The predicted octanol–water partition coefficient (Wildman–Crippen LogP) is 2.96. The predicted molar refractivity (Wildman–Crippen MR) is 75.0 cm³/mol. The van der Waals surface area contributed by atoms with Gasteiger partial charge in [0.2, 0.25) is 0 Å². The van der Waals surface area contributed by atoms with Crippen molar-refractivity contribution in [1.29, 1.82) is 0 Å². The molecule has 0 aliphatic rings. The van der Waals surface area contributed by atoms with Gasteiger partial charge in [0.1, 0.15) is 0 Å². The second-order valence-corrected chi connectivity index (χ2v) is 6.42. The second kappa shape index (κ2) is 4.97. The molecule has 98 valence electrons. The Bertz CT molecular complexity index is 731. The molecule has 0 unspecified atom stereocenters. The third kappa shape index (κ3) is 2.90. The van der Waals surface area contributed by atoms with Crippen LogP contribution in [0, 0.1) is 0 Å². The first-order valence-corrected chi connectivity index (χ1v) is 7.69. The van der Waals surface area contributed by atoms with Crippen LogP contribution < -0.4 is 0 Å². The molecule has 0 N–H and O–H groups in total. The van der Waals surface area contributed by atoms with E-state index in [4.69, 9.17) is 0 Å². The van der Waals surface area contributed by atoms with Crippen LogP contribution in [0.15, 0.2) is 53.4 Å². The molecular weight excluding hydrogens is 260 g/mol. The van der Waals surface area contributed by atoms with Crippen molar-refractivity contribution in [3.05, 3.63) is 54.1 Å². The molecule has 2 aromatic carbocycles.